The fourth-order valence-corrected chi connectivity index (χ4v) is 4.28. The molecule has 0 aliphatic carbocycles. The van der Waals surface area contributed by atoms with Crippen molar-refractivity contribution in [3.05, 3.63) is 33.8 Å². The molecule has 4 atom stereocenters. The molecule has 30 heavy (non-hydrogen) atoms. The number of benzene rings is 1. The van der Waals surface area contributed by atoms with E-state index in [1.54, 1.807) is 0 Å². The van der Waals surface area contributed by atoms with Gasteiger partial charge in [0.15, 0.2) is 12.2 Å². The summed E-state index contributed by atoms with van der Waals surface area (Å²) >= 11 is 12.3. The highest BCUT2D eigenvalue weighted by atomic mass is 35.5. The highest BCUT2D eigenvalue weighted by Crippen LogP contribution is 2.31. The summed E-state index contributed by atoms with van der Waals surface area (Å²) in [4.78, 5) is 19.5. The van der Waals surface area contributed by atoms with Crippen LogP contribution in [0.2, 0.25) is 10.0 Å². The lowest BCUT2D eigenvalue weighted by atomic mass is 10.1. The Balaban J connectivity index is 0.000000382. The van der Waals surface area contributed by atoms with Crippen molar-refractivity contribution >= 4 is 35.1 Å². The van der Waals surface area contributed by atoms with Crippen LogP contribution >= 0.6 is 23.2 Å². The molecule has 0 spiro atoms. The van der Waals surface area contributed by atoms with Crippen molar-refractivity contribution in [1.82, 2.24) is 0 Å². The van der Waals surface area contributed by atoms with Gasteiger partial charge in [0.1, 0.15) is 6.54 Å². The third kappa shape index (κ3) is 8.02. The molecule has 1 fully saturated rings. The van der Waals surface area contributed by atoms with Gasteiger partial charge in [-0.3, -0.25) is 0 Å². The summed E-state index contributed by atoms with van der Waals surface area (Å²) in [7, 11) is 0. The number of likely N-dealkylation sites (tertiary alicyclic amines) is 1. The average Bonchev–Trinajstić information content (AvgIpc) is 3.05. The number of quaternary nitrogens is 1. The molecule has 3 unspecified atom stereocenters. The molecule has 8 nitrogen and oxygen atoms in total. The van der Waals surface area contributed by atoms with E-state index in [-0.39, 0.29) is 0 Å². The number of halogens is 2. The van der Waals surface area contributed by atoms with Crippen LogP contribution in [-0.4, -0.2) is 75.2 Å². The maximum Gasteiger partial charge on any atom is 0.335 e. The molecule has 1 aromatic rings. The maximum atomic E-state index is 9.77. The Bertz CT molecular complexity index is 715. The molecule has 0 saturated carbocycles. The Labute approximate surface area is 186 Å². The second-order valence-corrected chi connectivity index (χ2v) is 9.02. The number of carboxylic acids is 2. The van der Waals surface area contributed by atoms with Gasteiger partial charge in [-0.05, 0) is 12.1 Å². The van der Waals surface area contributed by atoms with Crippen LogP contribution in [0.3, 0.4) is 0 Å². The van der Waals surface area contributed by atoms with Crippen LogP contribution in [0.4, 0.5) is 0 Å². The molecule has 1 aliphatic rings. The monoisotopic (exact) mass is 465 g/mol. The molecule has 1 heterocycles. The smallest absolute Gasteiger partial charge is 0.335 e. The molecule has 1 saturated heterocycles. The van der Waals surface area contributed by atoms with E-state index in [9.17, 15) is 9.59 Å². The second-order valence-electron chi connectivity index (χ2n) is 8.17. The van der Waals surface area contributed by atoms with Crippen molar-refractivity contribution in [3.8, 4) is 0 Å². The molecule has 0 aromatic heterocycles. The minimum atomic E-state index is -2.27. The standard InChI is InChI=1S/C16H25Cl2N2.C4H6O6/c1-12(2)9-20(6-5-13(8-19)10-20)11-14-3-4-15(17)7-16(14)18;5-1(3(7)8)2(6)4(9)10/h3-4,7,12-13H,5-6,8-11,19H2,1-2H3;1-2,5-6H,(H,7,8)(H,9,10)/q+1;/t13-,20?;/m0./s1. The highest BCUT2D eigenvalue weighted by molar-refractivity contribution is 6.35. The molecule has 0 radical (unpaired) electrons. The number of hydrogen-bond acceptors (Lipinski definition) is 5. The van der Waals surface area contributed by atoms with Gasteiger partial charge in [0.2, 0.25) is 0 Å². The zero-order valence-corrected chi connectivity index (χ0v) is 18.7. The largest absolute Gasteiger partial charge is 0.479 e. The van der Waals surface area contributed by atoms with Crippen LogP contribution in [0.25, 0.3) is 0 Å². The summed E-state index contributed by atoms with van der Waals surface area (Å²) in [5.41, 5.74) is 7.08. The minimum Gasteiger partial charge on any atom is -0.479 e. The fraction of sp³-hybridized carbons (Fsp3) is 0.600. The first kappa shape index (κ1) is 26.6. The topological polar surface area (TPSA) is 141 Å². The lowest BCUT2D eigenvalue weighted by Gasteiger charge is -2.36. The summed E-state index contributed by atoms with van der Waals surface area (Å²) in [6.45, 7) is 9.94. The van der Waals surface area contributed by atoms with Crippen molar-refractivity contribution in [2.24, 2.45) is 17.6 Å². The van der Waals surface area contributed by atoms with Gasteiger partial charge in [-0.15, -0.1) is 0 Å². The predicted molar refractivity (Wildman–Crippen MR) is 114 cm³/mol. The normalized spacial score (nSPS) is 22.9. The molecule has 170 valence electrons. The number of rotatable bonds is 8. The zero-order chi connectivity index (χ0) is 23.1. The molecular formula is C20H31Cl2N2O6+. The third-order valence-electron chi connectivity index (χ3n) is 5.07. The van der Waals surface area contributed by atoms with E-state index in [0.29, 0.717) is 16.9 Å². The zero-order valence-electron chi connectivity index (χ0n) is 17.2. The molecule has 1 aliphatic heterocycles. The van der Waals surface area contributed by atoms with E-state index >= 15 is 0 Å². The minimum absolute atomic E-state index is 0.653. The Hall–Kier alpha value is -1.42. The lowest BCUT2D eigenvalue weighted by molar-refractivity contribution is -0.933. The van der Waals surface area contributed by atoms with Crippen LogP contribution in [0.15, 0.2) is 18.2 Å². The Morgan fingerprint density at radius 1 is 1.17 bits per heavy atom. The SMILES string of the molecule is CC(C)C[N+]1(Cc2ccc(Cl)cc2Cl)CC[C@@H](CN)C1.O=C(O)C(O)C(O)C(=O)O. The van der Waals surface area contributed by atoms with Gasteiger partial charge in [-0.2, -0.15) is 0 Å². The summed E-state index contributed by atoms with van der Waals surface area (Å²) in [6, 6.07) is 5.85. The van der Waals surface area contributed by atoms with Crippen LogP contribution in [-0.2, 0) is 16.1 Å². The van der Waals surface area contributed by atoms with Crippen molar-refractivity contribution in [2.45, 2.75) is 39.0 Å². The van der Waals surface area contributed by atoms with Gasteiger partial charge in [-0.25, -0.2) is 9.59 Å². The molecule has 2 rings (SSSR count). The number of aliphatic hydroxyl groups is 2. The van der Waals surface area contributed by atoms with E-state index < -0.39 is 24.1 Å². The van der Waals surface area contributed by atoms with Gasteiger partial charge < -0.3 is 30.6 Å². The third-order valence-corrected chi connectivity index (χ3v) is 5.66. The number of carbonyl (C=O) groups is 2. The number of nitrogens with two attached hydrogens (primary N) is 1. The summed E-state index contributed by atoms with van der Waals surface area (Å²) < 4.78 is 1.11. The average molecular weight is 466 g/mol. The molecule has 10 heteroatoms. The van der Waals surface area contributed by atoms with Crippen LogP contribution in [0, 0.1) is 11.8 Å². The Morgan fingerprint density at radius 2 is 1.73 bits per heavy atom. The molecule has 0 bridgehead atoms. The first-order chi connectivity index (χ1) is 13.9. The molecule has 1 aromatic carbocycles. The van der Waals surface area contributed by atoms with Gasteiger partial charge in [0, 0.05) is 35.4 Å². The van der Waals surface area contributed by atoms with Crippen LogP contribution in [0.5, 0.6) is 0 Å². The van der Waals surface area contributed by atoms with Crippen molar-refractivity contribution in [2.75, 3.05) is 26.2 Å². The van der Waals surface area contributed by atoms with Crippen molar-refractivity contribution in [1.29, 1.82) is 0 Å². The number of aliphatic carboxylic acids is 2. The van der Waals surface area contributed by atoms with Crippen molar-refractivity contribution in [3.63, 3.8) is 0 Å². The first-order valence-corrected chi connectivity index (χ1v) is 10.5. The van der Waals surface area contributed by atoms with Gasteiger partial charge >= 0.3 is 11.9 Å². The van der Waals surface area contributed by atoms with Gasteiger partial charge in [-0.1, -0.05) is 43.1 Å². The number of hydrogen-bond donors (Lipinski definition) is 5. The van der Waals surface area contributed by atoms with Crippen molar-refractivity contribution < 1.29 is 34.5 Å². The maximum absolute atomic E-state index is 9.77. The summed E-state index contributed by atoms with van der Waals surface area (Å²) in [5, 5.41) is 34.0. The lowest BCUT2D eigenvalue weighted by Crippen LogP contribution is -2.48. The number of nitrogens with zero attached hydrogens (tertiary/aromatic N) is 1. The van der Waals surface area contributed by atoms with Crippen LogP contribution in [0.1, 0.15) is 25.8 Å². The van der Waals surface area contributed by atoms with Gasteiger partial charge in [0.05, 0.1) is 24.7 Å². The number of carboxylic acid groups (broad SMARTS) is 2. The van der Waals surface area contributed by atoms with E-state index in [0.717, 1.165) is 22.6 Å². The van der Waals surface area contributed by atoms with E-state index in [4.69, 9.17) is 49.4 Å². The van der Waals surface area contributed by atoms with E-state index in [2.05, 4.69) is 19.9 Å². The highest BCUT2D eigenvalue weighted by Gasteiger charge is 2.38. The first-order valence-electron chi connectivity index (χ1n) is 9.71. The quantitative estimate of drug-likeness (QED) is 0.368. The molecular weight excluding hydrogens is 435 g/mol. The summed E-state index contributed by atoms with van der Waals surface area (Å²) in [5.74, 6) is -2.21. The number of aliphatic hydroxyl groups excluding tert-OH is 2. The predicted octanol–water partition coefficient (Wildman–Crippen LogP) is 1.82. The summed E-state index contributed by atoms with van der Waals surface area (Å²) in [6.07, 6.45) is -3.30. The Morgan fingerprint density at radius 3 is 2.13 bits per heavy atom. The fourth-order valence-electron chi connectivity index (χ4n) is 3.81. The molecule has 6 N–H and O–H groups in total. The van der Waals surface area contributed by atoms with E-state index in [1.165, 1.54) is 31.6 Å². The Kier molecular flexibility index (Phi) is 10.5. The van der Waals surface area contributed by atoms with E-state index in [1.807, 2.05) is 12.1 Å². The molecule has 0 amide bonds. The van der Waals surface area contributed by atoms with Gasteiger partial charge in [0.25, 0.3) is 0 Å². The van der Waals surface area contributed by atoms with Crippen LogP contribution < -0.4 is 5.73 Å². The second kappa shape index (κ2) is 11.8.